The number of hydrogen-bond acceptors (Lipinski definition) is 5. The van der Waals surface area contributed by atoms with Gasteiger partial charge in [-0.05, 0) is 12.1 Å². The summed E-state index contributed by atoms with van der Waals surface area (Å²) in [7, 11) is 1.66. The van der Waals surface area contributed by atoms with Gasteiger partial charge in [-0.1, -0.05) is 12.1 Å². The van der Waals surface area contributed by atoms with E-state index >= 15 is 0 Å². The molecule has 0 bridgehead atoms. The molecule has 6 nitrogen and oxygen atoms in total. The Morgan fingerprint density at radius 2 is 2.05 bits per heavy atom. The Bertz CT molecular complexity index is 587. The van der Waals surface area contributed by atoms with E-state index in [2.05, 4.69) is 9.97 Å². The SMILES string of the molecule is COCCN(CCC(=N)N)c1cnc2ccccc2n1. The molecule has 0 saturated carbocycles. The van der Waals surface area contributed by atoms with Gasteiger partial charge in [-0.25, -0.2) is 4.98 Å². The number of nitrogens with zero attached hydrogens (tertiary/aromatic N) is 3. The standard InChI is InChI=1S/C14H19N5O/c1-20-9-8-19(7-6-13(15)16)14-10-17-11-4-2-3-5-12(11)18-14/h2-5,10H,6-9H2,1H3,(H3,15,16). The van der Waals surface area contributed by atoms with Crippen molar-refractivity contribution in [2.45, 2.75) is 6.42 Å². The first kappa shape index (κ1) is 14.2. The number of amidine groups is 1. The van der Waals surface area contributed by atoms with Crippen molar-refractivity contribution in [3.8, 4) is 0 Å². The predicted molar refractivity (Wildman–Crippen MR) is 80.2 cm³/mol. The Morgan fingerprint density at radius 3 is 2.75 bits per heavy atom. The molecule has 106 valence electrons. The molecule has 0 atom stereocenters. The highest BCUT2D eigenvalue weighted by Crippen LogP contribution is 2.15. The van der Waals surface area contributed by atoms with Gasteiger partial charge in [0.1, 0.15) is 5.82 Å². The lowest BCUT2D eigenvalue weighted by molar-refractivity contribution is 0.205. The van der Waals surface area contributed by atoms with Gasteiger partial charge in [-0.3, -0.25) is 10.4 Å². The van der Waals surface area contributed by atoms with Crippen molar-refractivity contribution in [2.75, 3.05) is 31.7 Å². The van der Waals surface area contributed by atoms with Crippen LogP contribution in [0.2, 0.25) is 0 Å². The van der Waals surface area contributed by atoms with Crippen LogP contribution in [-0.2, 0) is 4.74 Å². The summed E-state index contributed by atoms with van der Waals surface area (Å²) in [6, 6.07) is 7.75. The molecule has 1 heterocycles. The monoisotopic (exact) mass is 273 g/mol. The first-order valence-corrected chi connectivity index (χ1v) is 6.49. The molecule has 0 aliphatic carbocycles. The molecule has 0 spiro atoms. The number of fused-ring (bicyclic) bond motifs is 1. The minimum atomic E-state index is 0.168. The normalized spacial score (nSPS) is 10.7. The minimum Gasteiger partial charge on any atom is -0.388 e. The van der Waals surface area contributed by atoms with Gasteiger partial charge in [-0.15, -0.1) is 0 Å². The van der Waals surface area contributed by atoms with Gasteiger partial charge in [0, 0.05) is 26.6 Å². The molecule has 0 saturated heterocycles. The van der Waals surface area contributed by atoms with E-state index in [1.165, 1.54) is 0 Å². The quantitative estimate of drug-likeness (QED) is 0.588. The van der Waals surface area contributed by atoms with Crippen LogP contribution in [-0.4, -0.2) is 42.6 Å². The van der Waals surface area contributed by atoms with Crippen molar-refractivity contribution >= 4 is 22.7 Å². The summed E-state index contributed by atoms with van der Waals surface area (Å²) in [5.74, 6) is 0.947. The Labute approximate surface area is 118 Å². The first-order valence-electron chi connectivity index (χ1n) is 6.49. The summed E-state index contributed by atoms with van der Waals surface area (Å²) < 4.78 is 5.11. The second-order valence-electron chi connectivity index (χ2n) is 4.47. The Kier molecular flexibility index (Phi) is 4.84. The average molecular weight is 273 g/mol. The van der Waals surface area contributed by atoms with Crippen molar-refractivity contribution in [1.82, 2.24) is 9.97 Å². The van der Waals surface area contributed by atoms with Crippen LogP contribution < -0.4 is 10.6 Å². The van der Waals surface area contributed by atoms with Crippen molar-refractivity contribution < 1.29 is 4.74 Å². The maximum atomic E-state index is 7.34. The van der Waals surface area contributed by atoms with Crippen LogP contribution in [0.3, 0.4) is 0 Å². The first-order chi connectivity index (χ1) is 9.70. The zero-order valence-electron chi connectivity index (χ0n) is 11.5. The molecule has 2 rings (SSSR count). The molecule has 0 radical (unpaired) electrons. The number of nitrogens with one attached hydrogen (secondary N) is 1. The molecule has 0 aliphatic heterocycles. The van der Waals surface area contributed by atoms with Gasteiger partial charge in [0.15, 0.2) is 0 Å². The molecule has 20 heavy (non-hydrogen) atoms. The van der Waals surface area contributed by atoms with E-state index in [0.717, 1.165) is 16.9 Å². The van der Waals surface area contributed by atoms with Gasteiger partial charge in [0.2, 0.25) is 0 Å². The van der Waals surface area contributed by atoms with E-state index in [9.17, 15) is 0 Å². The number of benzene rings is 1. The number of hydrogen-bond donors (Lipinski definition) is 2. The molecule has 0 aliphatic rings. The number of para-hydroxylation sites is 2. The summed E-state index contributed by atoms with van der Waals surface area (Å²) in [5.41, 5.74) is 7.15. The molecular weight excluding hydrogens is 254 g/mol. The lowest BCUT2D eigenvalue weighted by Gasteiger charge is -2.23. The molecule has 6 heteroatoms. The summed E-state index contributed by atoms with van der Waals surface area (Å²) in [6.07, 6.45) is 2.25. The molecular formula is C14H19N5O. The highest BCUT2D eigenvalue weighted by atomic mass is 16.5. The van der Waals surface area contributed by atoms with Gasteiger partial charge >= 0.3 is 0 Å². The highest BCUT2D eigenvalue weighted by molar-refractivity contribution is 5.78. The fraction of sp³-hybridized carbons (Fsp3) is 0.357. The average Bonchev–Trinajstić information content (AvgIpc) is 2.46. The second-order valence-corrected chi connectivity index (χ2v) is 4.47. The van der Waals surface area contributed by atoms with E-state index in [-0.39, 0.29) is 5.84 Å². The predicted octanol–water partition coefficient (Wildman–Crippen LogP) is 1.41. The van der Waals surface area contributed by atoms with Gasteiger partial charge < -0.3 is 15.4 Å². The number of nitrogens with two attached hydrogens (primary N) is 1. The lowest BCUT2D eigenvalue weighted by atomic mass is 10.3. The van der Waals surface area contributed by atoms with E-state index in [1.807, 2.05) is 29.2 Å². The van der Waals surface area contributed by atoms with Crippen LogP contribution in [0.5, 0.6) is 0 Å². The van der Waals surface area contributed by atoms with Gasteiger partial charge in [0.05, 0.1) is 29.7 Å². The van der Waals surface area contributed by atoms with E-state index < -0.39 is 0 Å². The van der Waals surface area contributed by atoms with Crippen molar-refractivity contribution in [3.63, 3.8) is 0 Å². The molecule has 0 fully saturated rings. The molecule has 0 unspecified atom stereocenters. The summed E-state index contributed by atoms with van der Waals surface area (Å²) in [6.45, 7) is 1.91. The van der Waals surface area contributed by atoms with E-state index in [0.29, 0.717) is 26.1 Å². The third-order valence-corrected chi connectivity index (χ3v) is 2.98. The smallest absolute Gasteiger partial charge is 0.147 e. The van der Waals surface area contributed by atoms with Crippen LogP contribution in [0.1, 0.15) is 6.42 Å². The Balaban J connectivity index is 2.21. The van der Waals surface area contributed by atoms with Crippen molar-refractivity contribution in [1.29, 1.82) is 5.41 Å². The number of aromatic nitrogens is 2. The molecule has 1 aromatic heterocycles. The number of ether oxygens (including phenoxy) is 1. The summed E-state index contributed by atoms with van der Waals surface area (Å²) in [4.78, 5) is 11.0. The van der Waals surface area contributed by atoms with Crippen LogP contribution in [0, 0.1) is 5.41 Å². The Hall–Kier alpha value is -2.21. The van der Waals surface area contributed by atoms with Crippen molar-refractivity contribution in [2.24, 2.45) is 5.73 Å². The molecule has 2 aromatic rings. The lowest BCUT2D eigenvalue weighted by Crippen LogP contribution is -2.31. The van der Waals surface area contributed by atoms with E-state index in [1.54, 1.807) is 13.3 Å². The minimum absolute atomic E-state index is 0.168. The maximum Gasteiger partial charge on any atom is 0.147 e. The largest absolute Gasteiger partial charge is 0.388 e. The molecule has 0 amide bonds. The fourth-order valence-electron chi connectivity index (χ4n) is 1.90. The number of anilines is 1. The van der Waals surface area contributed by atoms with E-state index in [4.69, 9.17) is 15.9 Å². The van der Waals surface area contributed by atoms with Crippen LogP contribution in [0.15, 0.2) is 30.5 Å². The zero-order valence-corrected chi connectivity index (χ0v) is 11.5. The third kappa shape index (κ3) is 3.64. The van der Waals surface area contributed by atoms with Gasteiger partial charge in [0.25, 0.3) is 0 Å². The van der Waals surface area contributed by atoms with Crippen LogP contribution in [0.25, 0.3) is 11.0 Å². The van der Waals surface area contributed by atoms with Crippen molar-refractivity contribution in [3.05, 3.63) is 30.5 Å². The summed E-state index contributed by atoms with van der Waals surface area (Å²) >= 11 is 0. The highest BCUT2D eigenvalue weighted by Gasteiger charge is 2.09. The zero-order chi connectivity index (χ0) is 14.4. The molecule has 3 N–H and O–H groups in total. The van der Waals surface area contributed by atoms with Crippen LogP contribution >= 0.6 is 0 Å². The third-order valence-electron chi connectivity index (χ3n) is 2.98. The van der Waals surface area contributed by atoms with Crippen LogP contribution in [0.4, 0.5) is 5.82 Å². The second kappa shape index (κ2) is 6.81. The van der Waals surface area contributed by atoms with Gasteiger partial charge in [-0.2, -0.15) is 0 Å². The summed E-state index contributed by atoms with van der Waals surface area (Å²) in [5, 5.41) is 7.34. The Morgan fingerprint density at radius 1 is 1.30 bits per heavy atom. The number of methoxy groups -OCH3 is 1. The topological polar surface area (TPSA) is 88.1 Å². The molecule has 1 aromatic carbocycles. The maximum absolute atomic E-state index is 7.34. The fourth-order valence-corrected chi connectivity index (χ4v) is 1.90. The number of rotatable bonds is 7.